The van der Waals surface area contributed by atoms with Gasteiger partial charge in [0.1, 0.15) is 5.78 Å². The molecule has 100 valence electrons. The normalized spacial score (nSPS) is 19.3. The third kappa shape index (κ3) is 2.45. The van der Waals surface area contributed by atoms with Gasteiger partial charge in [-0.05, 0) is 31.4 Å². The molecule has 1 aliphatic rings. The van der Waals surface area contributed by atoms with E-state index in [1.165, 1.54) is 0 Å². The number of carbonyl (C=O) groups is 1. The van der Waals surface area contributed by atoms with E-state index in [1.54, 1.807) is 6.92 Å². The zero-order chi connectivity index (χ0) is 13.4. The Labute approximate surface area is 116 Å². The third-order valence-corrected chi connectivity index (χ3v) is 3.92. The molecule has 0 spiro atoms. The SMILES string of the molecule is CC(=O)CC1CCN(c2cc(Cl)cc3[nH]ncc23)C1. The lowest BCUT2D eigenvalue weighted by Crippen LogP contribution is -2.20. The molecule has 1 unspecified atom stereocenters. The fourth-order valence-corrected chi connectivity index (χ4v) is 3.10. The van der Waals surface area contributed by atoms with E-state index in [2.05, 4.69) is 15.1 Å². The number of fused-ring (bicyclic) bond motifs is 1. The number of rotatable bonds is 3. The molecular formula is C14H16ClN3O. The second-order valence-electron chi connectivity index (χ2n) is 5.26. The smallest absolute Gasteiger partial charge is 0.130 e. The second-order valence-corrected chi connectivity index (χ2v) is 5.70. The molecule has 0 radical (unpaired) electrons. The van der Waals surface area contributed by atoms with E-state index in [4.69, 9.17) is 11.6 Å². The molecule has 1 aromatic heterocycles. The van der Waals surface area contributed by atoms with Crippen LogP contribution in [-0.4, -0.2) is 29.1 Å². The number of H-pyrrole nitrogens is 1. The molecule has 4 nitrogen and oxygen atoms in total. The molecule has 19 heavy (non-hydrogen) atoms. The summed E-state index contributed by atoms with van der Waals surface area (Å²) in [6.45, 7) is 3.55. The summed E-state index contributed by atoms with van der Waals surface area (Å²) in [5.41, 5.74) is 2.07. The second kappa shape index (κ2) is 4.85. The van der Waals surface area contributed by atoms with E-state index in [-0.39, 0.29) is 5.78 Å². The third-order valence-electron chi connectivity index (χ3n) is 3.70. The highest BCUT2D eigenvalue weighted by Gasteiger charge is 2.25. The van der Waals surface area contributed by atoms with Gasteiger partial charge >= 0.3 is 0 Å². The molecule has 1 aliphatic heterocycles. The number of hydrogen-bond acceptors (Lipinski definition) is 3. The molecule has 1 N–H and O–H groups in total. The number of carbonyl (C=O) groups excluding carboxylic acids is 1. The first-order chi connectivity index (χ1) is 9.13. The predicted molar refractivity (Wildman–Crippen MR) is 76.7 cm³/mol. The van der Waals surface area contributed by atoms with E-state index in [9.17, 15) is 4.79 Å². The number of aromatic nitrogens is 2. The van der Waals surface area contributed by atoms with Crippen LogP contribution in [0.2, 0.25) is 5.02 Å². The maximum absolute atomic E-state index is 11.2. The van der Waals surface area contributed by atoms with Crippen molar-refractivity contribution in [2.45, 2.75) is 19.8 Å². The molecule has 0 bridgehead atoms. The Kier molecular flexibility index (Phi) is 3.19. The van der Waals surface area contributed by atoms with Crippen molar-refractivity contribution in [2.24, 2.45) is 5.92 Å². The highest BCUT2D eigenvalue weighted by molar-refractivity contribution is 6.31. The van der Waals surface area contributed by atoms with Crippen molar-refractivity contribution in [3.63, 3.8) is 0 Å². The maximum Gasteiger partial charge on any atom is 0.130 e. The van der Waals surface area contributed by atoms with Crippen LogP contribution < -0.4 is 4.90 Å². The van der Waals surface area contributed by atoms with Crippen molar-refractivity contribution in [2.75, 3.05) is 18.0 Å². The van der Waals surface area contributed by atoms with Gasteiger partial charge in [0.25, 0.3) is 0 Å². The lowest BCUT2D eigenvalue weighted by Gasteiger charge is -2.19. The summed E-state index contributed by atoms with van der Waals surface area (Å²) in [7, 11) is 0. The Morgan fingerprint density at radius 2 is 2.42 bits per heavy atom. The molecule has 3 rings (SSSR count). The van der Waals surface area contributed by atoms with Crippen molar-refractivity contribution in [1.82, 2.24) is 10.2 Å². The molecule has 2 heterocycles. The number of halogens is 1. The van der Waals surface area contributed by atoms with Crippen molar-refractivity contribution >= 4 is 34.0 Å². The molecule has 0 aliphatic carbocycles. The molecular weight excluding hydrogens is 262 g/mol. The minimum Gasteiger partial charge on any atom is -0.371 e. The fraction of sp³-hybridized carbons (Fsp3) is 0.429. The Hall–Kier alpha value is -1.55. The number of ketones is 1. The molecule has 0 amide bonds. The molecule has 0 saturated carbocycles. The number of benzene rings is 1. The Bertz CT molecular complexity index is 622. The van der Waals surface area contributed by atoms with Gasteiger partial charge in [-0.2, -0.15) is 5.10 Å². The van der Waals surface area contributed by atoms with Crippen LogP contribution in [0.4, 0.5) is 5.69 Å². The average molecular weight is 278 g/mol. The van der Waals surface area contributed by atoms with Gasteiger partial charge in [0.15, 0.2) is 0 Å². The summed E-state index contributed by atoms with van der Waals surface area (Å²) in [4.78, 5) is 13.5. The van der Waals surface area contributed by atoms with Crippen LogP contribution in [0.5, 0.6) is 0 Å². The summed E-state index contributed by atoms with van der Waals surface area (Å²) < 4.78 is 0. The monoisotopic (exact) mass is 277 g/mol. The standard InChI is InChI=1S/C14H16ClN3O/c1-9(19)4-10-2-3-18(8-10)14-6-11(15)5-13-12(14)7-16-17-13/h5-7,10H,2-4,8H2,1H3,(H,16,17). The van der Waals surface area contributed by atoms with Crippen LogP contribution in [0.25, 0.3) is 10.9 Å². The summed E-state index contributed by atoms with van der Waals surface area (Å²) >= 11 is 6.15. The van der Waals surface area contributed by atoms with E-state index < -0.39 is 0 Å². The van der Waals surface area contributed by atoms with Gasteiger partial charge in [-0.3, -0.25) is 5.10 Å². The average Bonchev–Trinajstić information content (AvgIpc) is 2.95. The number of aromatic amines is 1. The Morgan fingerprint density at radius 1 is 1.58 bits per heavy atom. The van der Waals surface area contributed by atoms with Crippen LogP contribution in [0, 0.1) is 5.92 Å². The summed E-state index contributed by atoms with van der Waals surface area (Å²) in [5, 5.41) is 8.83. The van der Waals surface area contributed by atoms with Crippen LogP contribution in [-0.2, 0) is 4.79 Å². The highest BCUT2D eigenvalue weighted by atomic mass is 35.5. The van der Waals surface area contributed by atoms with Crippen molar-refractivity contribution in [3.05, 3.63) is 23.4 Å². The largest absolute Gasteiger partial charge is 0.371 e. The minimum absolute atomic E-state index is 0.270. The maximum atomic E-state index is 11.2. The molecule has 1 fully saturated rings. The van der Waals surface area contributed by atoms with Crippen LogP contribution in [0.1, 0.15) is 19.8 Å². The zero-order valence-electron chi connectivity index (χ0n) is 10.8. The van der Waals surface area contributed by atoms with E-state index >= 15 is 0 Å². The molecule has 1 aromatic carbocycles. The van der Waals surface area contributed by atoms with Gasteiger partial charge in [0.2, 0.25) is 0 Å². The van der Waals surface area contributed by atoms with Crippen molar-refractivity contribution in [1.29, 1.82) is 0 Å². The summed E-state index contributed by atoms with van der Waals surface area (Å²) in [5.74, 6) is 0.727. The van der Waals surface area contributed by atoms with Gasteiger partial charge in [0, 0.05) is 35.6 Å². The lowest BCUT2D eigenvalue weighted by molar-refractivity contribution is -0.117. The van der Waals surface area contributed by atoms with Crippen LogP contribution in [0.3, 0.4) is 0 Å². The fourth-order valence-electron chi connectivity index (χ4n) is 2.88. The summed E-state index contributed by atoms with van der Waals surface area (Å²) in [6, 6.07) is 3.87. The highest BCUT2D eigenvalue weighted by Crippen LogP contribution is 2.33. The van der Waals surface area contributed by atoms with Gasteiger partial charge < -0.3 is 9.69 Å². The minimum atomic E-state index is 0.270. The van der Waals surface area contributed by atoms with Gasteiger partial charge in [-0.1, -0.05) is 11.6 Å². The summed E-state index contributed by atoms with van der Waals surface area (Å²) in [6.07, 6.45) is 3.57. The number of nitrogens with zero attached hydrogens (tertiary/aromatic N) is 2. The van der Waals surface area contributed by atoms with Crippen molar-refractivity contribution in [3.8, 4) is 0 Å². The quantitative estimate of drug-likeness (QED) is 0.938. The van der Waals surface area contributed by atoms with E-state index in [0.29, 0.717) is 17.4 Å². The number of anilines is 1. The van der Waals surface area contributed by atoms with Crippen molar-refractivity contribution < 1.29 is 4.79 Å². The Morgan fingerprint density at radius 3 is 3.21 bits per heavy atom. The lowest BCUT2D eigenvalue weighted by atomic mass is 10.0. The molecule has 5 heteroatoms. The zero-order valence-corrected chi connectivity index (χ0v) is 11.6. The number of nitrogens with one attached hydrogen (secondary N) is 1. The first-order valence-electron chi connectivity index (χ1n) is 6.50. The predicted octanol–water partition coefficient (Wildman–Crippen LogP) is 3.02. The Balaban J connectivity index is 1.89. The first-order valence-corrected chi connectivity index (χ1v) is 6.88. The van der Waals surface area contributed by atoms with Crippen LogP contribution in [0.15, 0.2) is 18.3 Å². The van der Waals surface area contributed by atoms with Gasteiger partial charge in [0.05, 0.1) is 11.7 Å². The number of Topliss-reactive ketones (excluding diaryl/α,β-unsaturated/α-hetero) is 1. The number of hydrogen-bond donors (Lipinski definition) is 1. The topological polar surface area (TPSA) is 49.0 Å². The van der Waals surface area contributed by atoms with Gasteiger partial charge in [-0.15, -0.1) is 0 Å². The molecule has 2 aromatic rings. The van der Waals surface area contributed by atoms with Gasteiger partial charge in [-0.25, -0.2) is 0 Å². The van der Waals surface area contributed by atoms with E-state index in [0.717, 1.165) is 36.1 Å². The van der Waals surface area contributed by atoms with E-state index in [1.807, 2.05) is 18.3 Å². The molecule has 1 saturated heterocycles. The first kappa shape index (κ1) is 12.5. The van der Waals surface area contributed by atoms with Crippen LogP contribution >= 0.6 is 11.6 Å². The molecule has 1 atom stereocenters.